The lowest BCUT2D eigenvalue weighted by Gasteiger charge is -2.21. The molecule has 1 fully saturated rings. The molecule has 0 saturated carbocycles. The molecule has 7 heteroatoms. The van der Waals surface area contributed by atoms with Crippen molar-refractivity contribution in [1.82, 2.24) is 15.0 Å². The third-order valence-corrected chi connectivity index (χ3v) is 5.09. The van der Waals surface area contributed by atoms with E-state index < -0.39 is 6.10 Å². The second kappa shape index (κ2) is 7.76. The SMILES string of the molecule is O[C@@H]1C[C@@H](c2nc(Cc3ccc(F)cc3Cl)no2)N(Cc2ccccc2)C1. The van der Waals surface area contributed by atoms with E-state index >= 15 is 0 Å². The van der Waals surface area contributed by atoms with E-state index in [9.17, 15) is 9.50 Å². The Morgan fingerprint density at radius 3 is 2.81 bits per heavy atom. The highest BCUT2D eigenvalue weighted by Gasteiger charge is 2.35. The average Bonchev–Trinajstić information content (AvgIpc) is 3.25. The smallest absolute Gasteiger partial charge is 0.244 e. The molecule has 5 nitrogen and oxygen atoms in total. The van der Waals surface area contributed by atoms with E-state index in [-0.39, 0.29) is 11.9 Å². The van der Waals surface area contributed by atoms with E-state index in [1.54, 1.807) is 6.07 Å². The average molecular weight is 388 g/mol. The number of β-amino-alcohol motifs (C(OH)–C–C–N with tert-alkyl or cyclic N) is 1. The van der Waals surface area contributed by atoms with Gasteiger partial charge in [0.1, 0.15) is 5.82 Å². The van der Waals surface area contributed by atoms with Crippen LogP contribution in [0.4, 0.5) is 4.39 Å². The van der Waals surface area contributed by atoms with Crippen LogP contribution in [-0.4, -0.2) is 32.8 Å². The van der Waals surface area contributed by atoms with Crippen LogP contribution in [0.15, 0.2) is 53.1 Å². The van der Waals surface area contributed by atoms with E-state index in [1.165, 1.54) is 12.1 Å². The Hall–Kier alpha value is -2.28. The summed E-state index contributed by atoms with van der Waals surface area (Å²) in [5.74, 6) is 0.587. The predicted octanol–water partition coefficient (Wildman–Crippen LogP) is 3.76. The maximum absolute atomic E-state index is 13.2. The summed E-state index contributed by atoms with van der Waals surface area (Å²) >= 11 is 6.08. The lowest BCUT2D eigenvalue weighted by Crippen LogP contribution is -2.24. The number of hydrogen-bond donors (Lipinski definition) is 1. The summed E-state index contributed by atoms with van der Waals surface area (Å²) < 4.78 is 18.7. The normalized spacial score (nSPS) is 20.3. The van der Waals surface area contributed by atoms with E-state index in [2.05, 4.69) is 27.2 Å². The van der Waals surface area contributed by atoms with Crippen LogP contribution in [0.5, 0.6) is 0 Å². The first kappa shape index (κ1) is 18.1. The maximum atomic E-state index is 13.2. The van der Waals surface area contributed by atoms with Gasteiger partial charge in [-0.15, -0.1) is 0 Å². The molecular formula is C20H19ClFN3O2. The molecule has 0 aliphatic carbocycles. The number of rotatable bonds is 5. The molecule has 0 amide bonds. The van der Waals surface area contributed by atoms with Crippen molar-refractivity contribution in [3.05, 3.63) is 82.2 Å². The maximum Gasteiger partial charge on any atom is 0.244 e. The van der Waals surface area contributed by atoms with Gasteiger partial charge < -0.3 is 9.63 Å². The molecular weight excluding hydrogens is 369 g/mol. The summed E-state index contributed by atoms with van der Waals surface area (Å²) in [6.07, 6.45) is 0.475. The number of aromatic nitrogens is 2. The van der Waals surface area contributed by atoms with Crippen LogP contribution in [-0.2, 0) is 13.0 Å². The molecule has 0 radical (unpaired) electrons. The fourth-order valence-electron chi connectivity index (χ4n) is 3.44. The van der Waals surface area contributed by atoms with Crippen molar-refractivity contribution in [2.45, 2.75) is 31.5 Å². The molecule has 2 atom stereocenters. The van der Waals surface area contributed by atoms with Crippen LogP contribution >= 0.6 is 11.6 Å². The first-order chi connectivity index (χ1) is 13.1. The van der Waals surface area contributed by atoms with Crippen LogP contribution in [0.2, 0.25) is 5.02 Å². The zero-order valence-corrected chi connectivity index (χ0v) is 15.3. The van der Waals surface area contributed by atoms with E-state index in [4.69, 9.17) is 16.1 Å². The molecule has 1 saturated heterocycles. The number of likely N-dealkylation sites (tertiary alicyclic amines) is 1. The molecule has 140 valence electrons. The summed E-state index contributed by atoms with van der Waals surface area (Å²) in [6.45, 7) is 1.26. The largest absolute Gasteiger partial charge is 0.392 e. The number of nitrogens with zero attached hydrogens (tertiary/aromatic N) is 3. The molecule has 1 aromatic heterocycles. The zero-order chi connectivity index (χ0) is 18.8. The van der Waals surface area contributed by atoms with E-state index in [0.29, 0.717) is 42.7 Å². The third-order valence-electron chi connectivity index (χ3n) is 4.74. The lowest BCUT2D eigenvalue weighted by atomic mass is 10.1. The topological polar surface area (TPSA) is 62.4 Å². The number of halogens is 2. The highest BCUT2D eigenvalue weighted by Crippen LogP contribution is 2.32. The van der Waals surface area contributed by atoms with Gasteiger partial charge in [0.15, 0.2) is 5.82 Å². The van der Waals surface area contributed by atoms with Gasteiger partial charge in [-0.2, -0.15) is 4.98 Å². The van der Waals surface area contributed by atoms with Crippen molar-refractivity contribution in [1.29, 1.82) is 0 Å². The molecule has 2 aromatic carbocycles. The second-order valence-electron chi connectivity index (χ2n) is 6.78. The number of aliphatic hydroxyl groups is 1. The zero-order valence-electron chi connectivity index (χ0n) is 14.6. The van der Waals surface area contributed by atoms with Gasteiger partial charge in [0.25, 0.3) is 0 Å². The van der Waals surface area contributed by atoms with Crippen molar-refractivity contribution in [2.24, 2.45) is 0 Å². The molecule has 1 aliphatic heterocycles. The molecule has 1 aliphatic rings. The molecule has 2 heterocycles. The molecule has 3 aromatic rings. The van der Waals surface area contributed by atoms with Crippen LogP contribution < -0.4 is 0 Å². The van der Waals surface area contributed by atoms with Crippen molar-refractivity contribution in [3.63, 3.8) is 0 Å². The predicted molar refractivity (Wildman–Crippen MR) is 98.7 cm³/mol. The number of benzene rings is 2. The fourth-order valence-corrected chi connectivity index (χ4v) is 3.67. The van der Waals surface area contributed by atoms with Gasteiger partial charge in [0.2, 0.25) is 5.89 Å². The van der Waals surface area contributed by atoms with E-state index in [1.807, 2.05) is 18.2 Å². The molecule has 1 N–H and O–H groups in total. The quantitative estimate of drug-likeness (QED) is 0.722. The lowest BCUT2D eigenvalue weighted by molar-refractivity contribution is 0.169. The Morgan fingerprint density at radius 1 is 1.22 bits per heavy atom. The first-order valence-electron chi connectivity index (χ1n) is 8.81. The summed E-state index contributed by atoms with van der Waals surface area (Å²) in [5.41, 5.74) is 1.90. The monoisotopic (exact) mass is 387 g/mol. The summed E-state index contributed by atoms with van der Waals surface area (Å²) in [5, 5.41) is 14.5. The van der Waals surface area contributed by atoms with Crippen molar-refractivity contribution in [3.8, 4) is 0 Å². The van der Waals surface area contributed by atoms with Crippen LogP contribution in [0, 0.1) is 5.82 Å². The minimum absolute atomic E-state index is 0.134. The first-order valence-corrected chi connectivity index (χ1v) is 9.19. The van der Waals surface area contributed by atoms with Gasteiger partial charge in [-0.25, -0.2) is 4.39 Å². The van der Waals surface area contributed by atoms with Crippen molar-refractivity contribution >= 4 is 11.6 Å². The third kappa shape index (κ3) is 4.18. The van der Waals surface area contributed by atoms with Crippen LogP contribution in [0.25, 0.3) is 0 Å². The van der Waals surface area contributed by atoms with Gasteiger partial charge in [0.05, 0.1) is 12.1 Å². The van der Waals surface area contributed by atoms with Gasteiger partial charge >= 0.3 is 0 Å². The summed E-state index contributed by atoms with van der Waals surface area (Å²) in [6, 6.07) is 14.2. The molecule has 0 unspecified atom stereocenters. The van der Waals surface area contributed by atoms with Crippen molar-refractivity contribution < 1.29 is 14.0 Å². The Kier molecular flexibility index (Phi) is 5.20. The van der Waals surface area contributed by atoms with Gasteiger partial charge in [-0.05, 0) is 29.7 Å². The Balaban J connectivity index is 1.50. The molecule has 0 spiro atoms. The van der Waals surface area contributed by atoms with Gasteiger partial charge in [-0.1, -0.05) is 53.2 Å². The minimum Gasteiger partial charge on any atom is -0.392 e. The minimum atomic E-state index is -0.430. The molecule has 4 rings (SSSR count). The van der Waals surface area contributed by atoms with Crippen molar-refractivity contribution in [2.75, 3.05) is 6.54 Å². The number of hydrogen-bond acceptors (Lipinski definition) is 5. The van der Waals surface area contributed by atoms with Crippen LogP contribution in [0.1, 0.15) is 35.3 Å². The van der Waals surface area contributed by atoms with Gasteiger partial charge in [-0.3, -0.25) is 4.90 Å². The Labute approximate surface area is 161 Å². The standard InChI is InChI=1S/C20H19ClFN3O2/c21-17-9-15(22)7-6-14(17)8-19-23-20(27-24-19)18-10-16(26)12-25(18)11-13-4-2-1-3-5-13/h1-7,9,16,18,26H,8,10-12H2/t16-,18+/m1/s1. The number of aliphatic hydroxyl groups excluding tert-OH is 1. The van der Waals surface area contributed by atoms with Gasteiger partial charge in [0, 0.05) is 24.5 Å². The Bertz CT molecular complexity index is 919. The Morgan fingerprint density at radius 2 is 2.04 bits per heavy atom. The molecule has 27 heavy (non-hydrogen) atoms. The summed E-state index contributed by atoms with van der Waals surface area (Å²) in [7, 11) is 0. The fraction of sp³-hybridized carbons (Fsp3) is 0.300. The van der Waals surface area contributed by atoms with E-state index in [0.717, 1.165) is 11.1 Å². The van der Waals surface area contributed by atoms with Crippen LogP contribution in [0.3, 0.4) is 0 Å². The summed E-state index contributed by atoms with van der Waals surface area (Å²) in [4.78, 5) is 6.64. The molecule has 0 bridgehead atoms. The second-order valence-corrected chi connectivity index (χ2v) is 7.19. The highest BCUT2D eigenvalue weighted by molar-refractivity contribution is 6.31. The highest BCUT2D eigenvalue weighted by atomic mass is 35.5.